The van der Waals surface area contributed by atoms with E-state index in [4.69, 9.17) is 4.74 Å². The number of pyridine rings is 1. The van der Waals surface area contributed by atoms with Crippen molar-refractivity contribution in [1.29, 1.82) is 0 Å². The number of carbonyl (C=O) groups is 1. The van der Waals surface area contributed by atoms with Gasteiger partial charge in [0.1, 0.15) is 11.4 Å². The summed E-state index contributed by atoms with van der Waals surface area (Å²) in [5, 5.41) is 4.36. The summed E-state index contributed by atoms with van der Waals surface area (Å²) in [5.74, 6) is 0.532. The minimum Gasteiger partial charge on any atom is -0.497 e. The van der Waals surface area contributed by atoms with Gasteiger partial charge in [0.05, 0.1) is 19.0 Å². The van der Waals surface area contributed by atoms with E-state index in [1.807, 2.05) is 30.5 Å². The molecule has 2 aromatic heterocycles. The molecule has 1 amide bonds. The van der Waals surface area contributed by atoms with Crippen LogP contribution in [0.5, 0.6) is 5.75 Å². The van der Waals surface area contributed by atoms with E-state index in [1.165, 1.54) is 12.1 Å². The summed E-state index contributed by atoms with van der Waals surface area (Å²) in [6.07, 6.45) is 3.59. The molecule has 1 aromatic carbocycles. The SMILES string of the molecule is COc1cccc(-n2cc(CN(C)C(=O)c3cc(=O)cc(C)n3C)cn2)c1. The predicted octanol–water partition coefficient (Wildman–Crippen LogP) is 2.16. The van der Waals surface area contributed by atoms with Crippen LogP contribution < -0.4 is 10.2 Å². The number of amides is 1. The third kappa shape index (κ3) is 3.92. The Morgan fingerprint density at radius 3 is 2.78 bits per heavy atom. The first-order chi connectivity index (χ1) is 12.9. The third-order valence-electron chi connectivity index (χ3n) is 4.46. The molecule has 0 saturated carbocycles. The molecule has 0 saturated heterocycles. The van der Waals surface area contributed by atoms with Crippen molar-refractivity contribution < 1.29 is 9.53 Å². The lowest BCUT2D eigenvalue weighted by molar-refractivity contribution is 0.0774. The van der Waals surface area contributed by atoms with Crippen LogP contribution in [0.3, 0.4) is 0 Å². The monoisotopic (exact) mass is 366 g/mol. The molecule has 0 fully saturated rings. The Balaban J connectivity index is 1.79. The van der Waals surface area contributed by atoms with Crippen LogP contribution in [0.25, 0.3) is 5.69 Å². The van der Waals surface area contributed by atoms with E-state index in [2.05, 4.69) is 5.10 Å². The molecule has 3 rings (SSSR count). The molecule has 0 aliphatic heterocycles. The van der Waals surface area contributed by atoms with Crippen LogP contribution in [-0.2, 0) is 13.6 Å². The highest BCUT2D eigenvalue weighted by atomic mass is 16.5. The summed E-state index contributed by atoms with van der Waals surface area (Å²) in [5.41, 5.74) is 2.68. The van der Waals surface area contributed by atoms with Crippen molar-refractivity contribution in [2.24, 2.45) is 7.05 Å². The zero-order chi connectivity index (χ0) is 19.6. The van der Waals surface area contributed by atoms with Crippen LogP contribution in [0.1, 0.15) is 21.7 Å². The fourth-order valence-corrected chi connectivity index (χ4v) is 2.85. The molecular weight excluding hydrogens is 344 g/mol. The van der Waals surface area contributed by atoms with E-state index in [-0.39, 0.29) is 11.3 Å². The number of methoxy groups -OCH3 is 1. The maximum Gasteiger partial charge on any atom is 0.270 e. The maximum atomic E-state index is 12.8. The van der Waals surface area contributed by atoms with E-state index in [1.54, 1.807) is 48.5 Å². The lowest BCUT2D eigenvalue weighted by Gasteiger charge is -2.19. The first-order valence-electron chi connectivity index (χ1n) is 8.50. The number of aryl methyl sites for hydroxylation is 1. The van der Waals surface area contributed by atoms with Gasteiger partial charge in [0.25, 0.3) is 5.91 Å². The van der Waals surface area contributed by atoms with Gasteiger partial charge in [-0.3, -0.25) is 9.59 Å². The first-order valence-corrected chi connectivity index (χ1v) is 8.50. The van der Waals surface area contributed by atoms with Crippen LogP contribution in [-0.4, -0.2) is 39.3 Å². The van der Waals surface area contributed by atoms with Crippen molar-refractivity contribution in [2.45, 2.75) is 13.5 Å². The smallest absolute Gasteiger partial charge is 0.270 e. The highest BCUT2D eigenvalue weighted by Crippen LogP contribution is 2.17. The standard InChI is InChI=1S/C20H22N4O3/c1-14-8-17(25)10-19(23(14)3)20(26)22(2)12-15-11-21-24(13-15)16-6-5-7-18(9-16)27-4/h5-11,13H,12H2,1-4H3. The van der Waals surface area contributed by atoms with E-state index in [0.717, 1.165) is 22.7 Å². The molecule has 0 aliphatic rings. The largest absolute Gasteiger partial charge is 0.497 e. The van der Waals surface area contributed by atoms with Crippen molar-refractivity contribution in [3.63, 3.8) is 0 Å². The predicted molar refractivity (Wildman–Crippen MR) is 102 cm³/mol. The fourth-order valence-electron chi connectivity index (χ4n) is 2.85. The molecule has 0 radical (unpaired) electrons. The Labute approximate surface area is 157 Å². The Hall–Kier alpha value is -3.35. The van der Waals surface area contributed by atoms with E-state index >= 15 is 0 Å². The van der Waals surface area contributed by atoms with Crippen molar-refractivity contribution in [2.75, 3.05) is 14.2 Å². The van der Waals surface area contributed by atoms with Gasteiger partial charge < -0.3 is 14.2 Å². The van der Waals surface area contributed by atoms with Crippen molar-refractivity contribution in [3.05, 3.63) is 76.0 Å². The van der Waals surface area contributed by atoms with Crippen molar-refractivity contribution in [3.8, 4) is 11.4 Å². The van der Waals surface area contributed by atoms with Crippen molar-refractivity contribution in [1.82, 2.24) is 19.2 Å². The molecule has 140 valence electrons. The van der Waals surface area contributed by atoms with Gasteiger partial charge >= 0.3 is 0 Å². The van der Waals surface area contributed by atoms with Gasteiger partial charge in [0.2, 0.25) is 0 Å². The number of hydrogen-bond donors (Lipinski definition) is 0. The Bertz CT molecular complexity index is 1040. The lowest BCUT2D eigenvalue weighted by Crippen LogP contribution is -2.30. The molecule has 3 aromatic rings. The second-order valence-electron chi connectivity index (χ2n) is 6.43. The second-order valence-corrected chi connectivity index (χ2v) is 6.43. The van der Waals surface area contributed by atoms with Crippen LogP contribution in [0.4, 0.5) is 0 Å². The summed E-state index contributed by atoms with van der Waals surface area (Å²) in [4.78, 5) is 26.1. The number of carbonyl (C=O) groups excluding carboxylic acids is 1. The Morgan fingerprint density at radius 1 is 1.26 bits per heavy atom. The van der Waals surface area contributed by atoms with E-state index in [9.17, 15) is 9.59 Å². The third-order valence-corrected chi connectivity index (χ3v) is 4.46. The van der Waals surface area contributed by atoms with Gasteiger partial charge in [-0.2, -0.15) is 5.10 Å². The summed E-state index contributed by atoms with van der Waals surface area (Å²) in [6.45, 7) is 2.18. The van der Waals surface area contributed by atoms with Crippen LogP contribution in [0, 0.1) is 6.92 Å². The molecule has 2 heterocycles. The van der Waals surface area contributed by atoms with Crippen LogP contribution in [0.2, 0.25) is 0 Å². The van der Waals surface area contributed by atoms with Crippen molar-refractivity contribution >= 4 is 5.91 Å². The average Bonchev–Trinajstić information content (AvgIpc) is 3.12. The van der Waals surface area contributed by atoms with Crippen LogP contribution in [0.15, 0.2) is 53.6 Å². The number of ether oxygens (including phenoxy) is 1. The van der Waals surface area contributed by atoms with Gasteiger partial charge in [-0.15, -0.1) is 0 Å². The molecular formula is C20H22N4O3. The Morgan fingerprint density at radius 2 is 2.04 bits per heavy atom. The average molecular weight is 366 g/mol. The molecule has 0 unspecified atom stereocenters. The molecule has 0 atom stereocenters. The number of aromatic nitrogens is 3. The zero-order valence-electron chi connectivity index (χ0n) is 15.8. The summed E-state index contributed by atoms with van der Waals surface area (Å²) >= 11 is 0. The van der Waals surface area contributed by atoms with Crippen LogP contribution >= 0.6 is 0 Å². The van der Waals surface area contributed by atoms with Gasteiger partial charge in [0, 0.05) is 56.3 Å². The summed E-state index contributed by atoms with van der Waals surface area (Å²) in [6, 6.07) is 10.4. The van der Waals surface area contributed by atoms with E-state index in [0.29, 0.717) is 12.2 Å². The molecule has 0 bridgehead atoms. The topological polar surface area (TPSA) is 69.4 Å². The molecule has 0 N–H and O–H groups in total. The molecule has 7 nitrogen and oxygen atoms in total. The normalized spacial score (nSPS) is 10.7. The lowest BCUT2D eigenvalue weighted by atomic mass is 10.2. The molecule has 0 spiro atoms. The number of nitrogens with zero attached hydrogens (tertiary/aromatic N) is 4. The van der Waals surface area contributed by atoms with Gasteiger partial charge in [-0.25, -0.2) is 4.68 Å². The maximum absolute atomic E-state index is 12.8. The van der Waals surface area contributed by atoms with Gasteiger partial charge in [-0.1, -0.05) is 6.07 Å². The Kier molecular flexibility index (Phi) is 5.12. The summed E-state index contributed by atoms with van der Waals surface area (Å²) < 4.78 is 8.69. The quantitative estimate of drug-likeness (QED) is 0.694. The van der Waals surface area contributed by atoms with E-state index < -0.39 is 0 Å². The fraction of sp³-hybridized carbons (Fsp3) is 0.250. The summed E-state index contributed by atoms with van der Waals surface area (Å²) in [7, 11) is 5.10. The second kappa shape index (κ2) is 7.49. The van der Waals surface area contributed by atoms with Gasteiger partial charge in [-0.05, 0) is 19.1 Å². The first kappa shape index (κ1) is 18.4. The number of hydrogen-bond acceptors (Lipinski definition) is 4. The molecule has 27 heavy (non-hydrogen) atoms. The minimum absolute atomic E-state index is 0.173. The highest BCUT2D eigenvalue weighted by Gasteiger charge is 2.17. The molecule has 7 heteroatoms. The number of rotatable bonds is 5. The minimum atomic E-state index is -0.215. The zero-order valence-corrected chi connectivity index (χ0v) is 15.8. The highest BCUT2D eigenvalue weighted by molar-refractivity contribution is 5.92. The number of benzene rings is 1. The van der Waals surface area contributed by atoms with Gasteiger partial charge in [0.15, 0.2) is 5.43 Å². The molecule has 0 aliphatic carbocycles.